The largest absolute Gasteiger partial charge is 0.393 e. The Bertz CT molecular complexity index is 150. The van der Waals surface area contributed by atoms with Crippen molar-refractivity contribution in [2.75, 3.05) is 19.8 Å². The summed E-state index contributed by atoms with van der Waals surface area (Å²) in [4.78, 5) is 0. The summed E-state index contributed by atoms with van der Waals surface area (Å²) < 4.78 is 5.23. The van der Waals surface area contributed by atoms with Crippen molar-refractivity contribution in [3.63, 3.8) is 0 Å². The first-order valence-corrected chi connectivity index (χ1v) is 5.66. The van der Waals surface area contributed by atoms with E-state index in [0.29, 0.717) is 6.61 Å². The average Bonchev–Trinajstić information content (AvgIpc) is 2.22. The van der Waals surface area contributed by atoms with Gasteiger partial charge in [-0.05, 0) is 13.3 Å². The van der Waals surface area contributed by atoms with E-state index in [1.807, 2.05) is 0 Å². The van der Waals surface area contributed by atoms with E-state index in [4.69, 9.17) is 9.84 Å². The molecule has 15 heavy (non-hydrogen) atoms. The van der Waals surface area contributed by atoms with Crippen LogP contribution in [-0.2, 0) is 4.74 Å². The van der Waals surface area contributed by atoms with E-state index in [9.17, 15) is 10.2 Å². The molecule has 0 aliphatic rings. The molecular weight excluding hydrogens is 196 g/mol. The zero-order chi connectivity index (χ0) is 11.7. The molecule has 92 valence electrons. The molecule has 0 bridgehead atoms. The SMILES string of the molecule is CCCCCCOCC(O)(CO)C(C)O. The van der Waals surface area contributed by atoms with Gasteiger partial charge in [0.1, 0.15) is 5.60 Å². The van der Waals surface area contributed by atoms with Gasteiger partial charge in [-0.2, -0.15) is 0 Å². The van der Waals surface area contributed by atoms with Gasteiger partial charge in [0.15, 0.2) is 0 Å². The molecule has 0 aliphatic carbocycles. The van der Waals surface area contributed by atoms with Gasteiger partial charge >= 0.3 is 0 Å². The smallest absolute Gasteiger partial charge is 0.136 e. The molecule has 0 aromatic rings. The summed E-state index contributed by atoms with van der Waals surface area (Å²) in [6.07, 6.45) is 3.44. The molecule has 0 saturated heterocycles. The summed E-state index contributed by atoms with van der Waals surface area (Å²) in [6.45, 7) is 3.64. The van der Waals surface area contributed by atoms with Crippen LogP contribution in [0.15, 0.2) is 0 Å². The van der Waals surface area contributed by atoms with Crippen molar-refractivity contribution in [2.24, 2.45) is 0 Å². The van der Waals surface area contributed by atoms with E-state index in [2.05, 4.69) is 6.92 Å². The Labute approximate surface area is 91.9 Å². The average molecular weight is 220 g/mol. The highest BCUT2D eigenvalue weighted by molar-refractivity contribution is 4.82. The van der Waals surface area contributed by atoms with Gasteiger partial charge in [0, 0.05) is 6.61 Å². The molecule has 0 aromatic carbocycles. The highest BCUT2D eigenvalue weighted by atomic mass is 16.5. The Morgan fingerprint density at radius 3 is 2.40 bits per heavy atom. The van der Waals surface area contributed by atoms with Crippen molar-refractivity contribution < 1.29 is 20.1 Å². The lowest BCUT2D eigenvalue weighted by atomic mass is 10.0. The molecule has 0 heterocycles. The fourth-order valence-electron chi connectivity index (χ4n) is 1.18. The number of ether oxygens (including phenoxy) is 1. The highest BCUT2D eigenvalue weighted by Gasteiger charge is 2.32. The summed E-state index contributed by atoms with van der Waals surface area (Å²) in [5.41, 5.74) is -1.52. The minimum Gasteiger partial charge on any atom is -0.393 e. The fourth-order valence-corrected chi connectivity index (χ4v) is 1.18. The molecule has 2 unspecified atom stereocenters. The van der Waals surface area contributed by atoms with Crippen molar-refractivity contribution in [2.45, 2.75) is 51.2 Å². The minimum atomic E-state index is -1.52. The third-order valence-electron chi connectivity index (χ3n) is 2.55. The van der Waals surface area contributed by atoms with Gasteiger partial charge < -0.3 is 20.1 Å². The Morgan fingerprint density at radius 2 is 1.93 bits per heavy atom. The van der Waals surface area contributed by atoms with Crippen LogP contribution in [-0.4, -0.2) is 46.8 Å². The van der Waals surface area contributed by atoms with Gasteiger partial charge in [0.25, 0.3) is 0 Å². The van der Waals surface area contributed by atoms with E-state index >= 15 is 0 Å². The van der Waals surface area contributed by atoms with E-state index in [0.717, 1.165) is 12.8 Å². The second-order valence-electron chi connectivity index (χ2n) is 4.05. The molecule has 4 heteroatoms. The predicted molar refractivity (Wildman–Crippen MR) is 58.7 cm³/mol. The molecule has 4 nitrogen and oxygen atoms in total. The van der Waals surface area contributed by atoms with Crippen LogP contribution in [0.25, 0.3) is 0 Å². The first-order chi connectivity index (χ1) is 7.06. The Kier molecular flexibility index (Phi) is 7.96. The topological polar surface area (TPSA) is 69.9 Å². The quantitative estimate of drug-likeness (QED) is 0.500. The molecule has 0 aromatic heterocycles. The standard InChI is InChI=1S/C11H24O4/c1-3-4-5-6-7-15-9-11(14,8-12)10(2)13/h10,12-14H,3-9H2,1-2H3. The Balaban J connectivity index is 3.55. The van der Waals surface area contributed by atoms with Crippen LogP contribution in [0, 0.1) is 0 Å². The molecule has 0 fully saturated rings. The molecule has 0 saturated carbocycles. The van der Waals surface area contributed by atoms with Crippen LogP contribution in [0.4, 0.5) is 0 Å². The zero-order valence-corrected chi connectivity index (χ0v) is 9.78. The number of rotatable bonds is 9. The predicted octanol–water partition coefficient (Wildman–Crippen LogP) is 0.687. The van der Waals surface area contributed by atoms with Crippen molar-refractivity contribution in [3.8, 4) is 0 Å². The molecule has 0 rings (SSSR count). The van der Waals surface area contributed by atoms with Gasteiger partial charge in [0.2, 0.25) is 0 Å². The first-order valence-electron chi connectivity index (χ1n) is 5.66. The normalized spacial score (nSPS) is 17.4. The van der Waals surface area contributed by atoms with Crippen molar-refractivity contribution in [3.05, 3.63) is 0 Å². The van der Waals surface area contributed by atoms with Crippen molar-refractivity contribution >= 4 is 0 Å². The molecular formula is C11H24O4. The lowest BCUT2D eigenvalue weighted by Gasteiger charge is -2.28. The van der Waals surface area contributed by atoms with Crippen LogP contribution in [0.1, 0.15) is 39.5 Å². The summed E-state index contributed by atoms with van der Waals surface area (Å²) in [6, 6.07) is 0. The van der Waals surface area contributed by atoms with E-state index in [1.54, 1.807) is 0 Å². The molecule has 0 amide bonds. The van der Waals surface area contributed by atoms with E-state index < -0.39 is 18.3 Å². The van der Waals surface area contributed by atoms with E-state index in [-0.39, 0.29) is 6.61 Å². The molecule has 0 radical (unpaired) electrons. The summed E-state index contributed by atoms with van der Waals surface area (Å²) in [5, 5.41) is 27.8. The molecule has 2 atom stereocenters. The molecule has 3 N–H and O–H groups in total. The molecule has 0 aliphatic heterocycles. The number of hydrogen-bond acceptors (Lipinski definition) is 4. The van der Waals surface area contributed by atoms with Crippen LogP contribution in [0.3, 0.4) is 0 Å². The van der Waals surface area contributed by atoms with Crippen LogP contribution >= 0.6 is 0 Å². The number of hydrogen-bond donors (Lipinski definition) is 3. The minimum absolute atomic E-state index is 0.0205. The Hall–Kier alpha value is -0.160. The summed E-state index contributed by atoms with van der Waals surface area (Å²) in [7, 11) is 0. The third-order valence-corrected chi connectivity index (χ3v) is 2.55. The number of aliphatic hydroxyl groups excluding tert-OH is 2. The van der Waals surface area contributed by atoms with Crippen molar-refractivity contribution in [1.29, 1.82) is 0 Å². The second-order valence-corrected chi connectivity index (χ2v) is 4.05. The third kappa shape index (κ3) is 6.10. The maximum atomic E-state index is 9.67. The van der Waals surface area contributed by atoms with Crippen LogP contribution < -0.4 is 0 Å². The van der Waals surface area contributed by atoms with Gasteiger partial charge in [0.05, 0.1) is 19.3 Å². The van der Waals surface area contributed by atoms with Gasteiger partial charge in [-0.25, -0.2) is 0 Å². The van der Waals surface area contributed by atoms with Gasteiger partial charge in [-0.15, -0.1) is 0 Å². The number of aliphatic hydroxyl groups is 3. The lowest BCUT2D eigenvalue weighted by molar-refractivity contribution is -0.138. The maximum Gasteiger partial charge on any atom is 0.136 e. The van der Waals surface area contributed by atoms with Gasteiger partial charge in [-0.1, -0.05) is 26.2 Å². The maximum absolute atomic E-state index is 9.67. The first kappa shape index (κ1) is 14.8. The fraction of sp³-hybridized carbons (Fsp3) is 1.00. The lowest BCUT2D eigenvalue weighted by Crippen LogP contribution is -2.48. The monoisotopic (exact) mass is 220 g/mol. The zero-order valence-electron chi connectivity index (χ0n) is 9.78. The van der Waals surface area contributed by atoms with Crippen molar-refractivity contribution in [1.82, 2.24) is 0 Å². The molecule has 0 spiro atoms. The summed E-state index contributed by atoms with van der Waals surface area (Å²) >= 11 is 0. The number of unbranched alkanes of at least 4 members (excludes halogenated alkanes) is 3. The van der Waals surface area contributed by atoms with Crippen LogP contribution in [0.2, 0.25) is 0 Å². The Morgan fingerprint density at radius 1 is 1.27 bits per heavy atom. The van der Waals surface area contributed by atoms with Crippen LogP contribution in [0.5, 0.6) is 0 Å². The van der Waals surface area contributed by atoms with E-state index in [1.165, 1.54) is 19.8 Å². The van der Waals surface area contributed by atoms with Gasteiger partial charge in [-0.3, -0.25) is 0 Å². The highest BCUT2D eigenvalue weighted by Crippen LogP contribution is 2.10. The second kappa shape index (κ2) is 8.05. The summed E-state index contributed by atoms with van der Waals surface area (Å²) in [5.74, 6) is 0.